The first-order valence-electron chi connectivity index (χ1n) is 8.16. The third-order valence-electron chi connectivity index (χ3n) is 4.46. The lowest BCUT2D eigenvalue weighted by Gasteiger charge is -2.36. The van der Waals surface area contributed by atoms with Crippen molar-refractivity contribution in [1.29, 1.82) is 0 Å². The molecule has 1 saturated heterocycles. The summed E-state index contributed by atoms with van der Waals surface area (Å²) in [5.74, 6) is -0.124. The van der Waals surface area contributed by atoms with E-state index in [9.17, 15) is 4.79 Å². The van der Waals surface area contributed by atoms with Crippen molar-refractivity contribution in [2.24, 2.45) is 0 Å². The van der Waals surface area contributed by atoms with Gasteiger partial charge in [-0.05, 0) is 59.5 Å². The summed E-state index contributed by atoms with van der Waals surface area (Å²) in [6, 6.07) is 1.08. The highest BCUT2D eigenvalue weighted by Gasteiger charge is 2.38. The van der Waals surface area contributed by atoms with E-state index in [1.807, 2.05) is 20.8 Å². The van der Waals surface area contributed by atoms with E-state index in [0.29, 0.717) is 18.7 Å². The number of nitrogens with one attached hydrogen (secondary N) is 1. The van der Waals surface area contributed by atoms with Crippen LogP contribution in [0.15, 0.2) is 0 Å². The number of hydrogen-bond acceptors (Lipinski definition) is 4. The Kier molecular flexibility index (Phi) is 6.96. The van der Waals surface area contributed by atoms with E-state index in [-0.39, 0.29) is 5.97 Å². The summed E-state index contributed by atoms with van der Waals surface area (Å²) in [4.78, 5) is 14.8. The zero-order chi connectivity index (χ0) is 15.2. The minimum Gasteiger partial charge on any atom is -0.465 e. The van der Waals surface area contributed by atoms with Crippen molar-refractivity contribution in [3.8, 4) is 0 Å². The molecule has 0 aromatic carbocycles. The van der Waals surface area contributed by atoms with Crippen LogP contribution in [0.5, 0.6) is 0 Å². The van der Waals surface area contributed by atoms with Gasteiger partial charge in [-0.25, -0.2) is 0 Å². The van der Waals surface area contributed by atoms with Crippen LogP contribution in [0, 0.1) is 0 Å². The van der Waals surface area contributed by atoms with Crippen LogP contribution in [0.3, 0.4) is 0 Å². The van der Waals surface area contributed by atoms with Gasteiger partial charge in [0.05, 0.1) is 6.61 Å². The molecule has 4 heteroatoms. The largest absolute Gasteiger partial charge is 0.465 e. The molecule has 1 N–H and O–H groups in total. The Bertz CT molecular complexity index is 309. The molecule has 1 aliphatic heterocycles. The minimum absolute atomic E-state index is 0.124. The van der Waals surface area contributed by atoms with Gasteiger partial charge in [0, 0.05) is 12.1 Å². The van der Waals surface area contributed by atoms with Gasteiger partial charge in [0.1, 0.15) is 5.54 Å². The van der Waals surface area contributed by atoms with Crippen molar-refractivity contribution < 1.29 is 9.53 Å². The van der Waals surface area contributed by atoms with E-state index in [1.165, 1.54) is 19.3 Å². The number of likely N-dealkylation sites (N-methyl/N-ethyl adjacent to an activating group) is 1. The first kappa shape index (κ1) is 17.4. The van der Waals surface area contributed by atoms with Crippen LogP contribution in [0.25, 0.3) is 0 Å². The summed E-state index contributed by atoms with van der Waals surface area (Å²) < 4.78 is 5.26. The molecule has 4 nitrogen and oxygen atoms in total. The predicted octanol–water partition coefficient (Wildman–Crippen LogP) is 2.57. The zero-order valence-corrected chi connectivity index (χ0v) is 13.9. The number of likely N-dealkylation sites (tertiary alicyclic amines) is 1. The maximum atomic E-state index is 12.3. The fourth-order valence-corrected chi connectivity index (χ4v) is 3.49. The molecule has 118 valence electrons. The SMILES string of the molecule is CCNC(C)(CC(C)N1CCCC1CC)C(=O)OCC. The van der Waals surface area contributed by atoms with Gasteiger partial charge in [-0.1, -0.05) is 13.8 Å². The van der Waals surface area contributed by atoms with Gasteiger partial charge >= 0.3 is 5.97 Å². The first-order valence-corrected chi connectivity index (χ1v) is 8.16. The molecule has 0 aromatic rings. The first-order chi connectivity index (χ1) is 9.48. The third-order valence-corrected chi connectivity index (χ3v) is 4.46. The highest BCUT2D eigenvalue weighted by atomic mass is 16.5. The Balaban J connectivity index is 2.71. The topological polar surface area (TPSA) is 41.6 Å². The van der Waals surface area contributed by atoms with Crippen LogP contribution in [-0.2, 0) is 9.53 Å². The second kappa shape index (κ2) is 7.99. The maximum absolute atomic E-state index is 12.3. The van der Waals surface area contributed by atoms with Crippen molar-refractivity contribution in [1.82, 2.24) is 10.2 Å². The van der Waals surface area contributed by atoms with Gasteiger partial charge in [0.2, 0.25) is 0 Å². The molecule has 0 aliphatic carbocycles. The summed E-state index contributed by atoms with van der Waals surface area (Å²) >= 11 is 0. The second-order valence-electron chi connectivity index (χ2n) is 6.08. The normalized spacial score (nSPS) is 24.4. The van der Waals surface area contributed by atoms with E-state index in [4.69, 9.17) is 4.74 Å². The lowest BCUT2D eigenvalue weighted by atomic mass is 9.92. The molecule has 1 rings (SSSR count). The van der Waals surface area contributed by atoms with E-state index >= 15 is 0 Å². The van der Waals surface area contributed by atoms with Crippen LogP contribution >= 0.6 is 0 Å². The molecular weight excluding hydrogens is 252 g/mol. The predicted molar refractivity (Wildman–Crippen MR) is 82.8 cm³/mol. The van der Waals surface area contributed by atoms with Crippen molar-refractivity contribution in [3.05, 3.63) is 0 Å². The molecule has 0 spiro atoms. The number of hydrogen-bond donors (Lipinski definition) is 1. The third kappa shape index (κ3) is 4.19. The van der Waals surface area contributed by atoms with Gasteiger partial charge < -0.3 is 10.1 Å². The highest BCUT2D eigenvalue weighted by molar-refractivity contribution is 5.80. The van der Waals surface area contributed by atoms with Gasteiger partial charge in [0.25, 0.3) is 0 Å². The molecule has 0 aromatic heterocycles. The molecule has 3 atom stereocenters. The number of carbonyl (C=O) groups is 1. The lowest BCUT2D eigenvalue weighted by molar-refractivity contribution is -0.151. The number of esters is 1. The number of rotatable bonds is 8. The van der Waals surface area contributed by atoms with Crippen LogP contribution < -0.4 is 5.32 Å². The molecule has 0 amide bonds. The molecule has 0 saturated carbocycles. The number of nitrogens with zero attached hydrogens (tertiary/aromatic N) is 1. The fraction of sp³-hybridized carbons (Fsp3) is 0.938. The van der Waals surface area contributed by atoms with Crippen LogP contribution in [-0.4, -0.2) is 48.2 Å². The zero-order valence-electron chi connectivity index (χ0n) is 13.9. The Hall–Kier alpha value is -0.610. The summed E-state index contributed by atoms with van der Waals surface area (Å²) in [6.07, 6.45) is 4.57. The van der Waals surface area contributed by atoms with Gasteiger partial charge in [0.15, 0.2) is 0 Å². The Morgan fingerprint density at radius 2 is 2.15 bits per heavy atom. The molecule has 20 heavy (non-hydrogen) atoms. The van der Waals surface area contributed by atoms with Crippen LogP contribution in [0.1, 0.15) is 60.3 Å². The molecular formula is C16H32N2O2. The van der Waals surface area contributed by atoms with E-state index in [2.05, 4.69) is 24.1 Å². The Morgan fingerprint density at radius 1 is 1.45 bits per heavy atom. The van der Waals surface area contributed by atoms with E-state index < -0.39 is 5.54 Å². The summed E-state index contributed by atoms with van der Waals surface area (Å²) in [5, 5.41) is 3.33. The summed E-state index contributed by atoms with van der Waals surface area (Å²) in [7, 11) is 0. The molecule has 0 bridgehead atoms. The van der Waals surface area contributed by atoms with Crippen LogP contribution in [0.2, 0.25) is 0 Å². The van der Waals surface area contributed by atoms with E-state index in [0.717, 1.165) is 19.5 Å². The smallest absolute Gasteiger partial charge is 0.326 e. The van der Waals surface area contributed by atoms with Gasteiger partial charge in [-0.15, -0.1) is 0 Å². The summed E-state index contributed by atoms with van der Waals surface area (Å²) in [5.41, 5.74) is -0.578. The minimum atomic E-state index is -0.578. The maximum Gasteiger partial charge on any atom is 0.326 e. The average molecular weight is 284 g/mol. The molecule has 1 fully saturated rings. The summed E-state index contributed by atoms with van der Waals surface area (Å²) in [6.45, 7) is 12.7. The van der Waals surface area contributed by atoms with Crippen molar-refractivity contribution >= 4 is 5.97 Å². The monoisotopic (exact) mass is 284 g/mol. The molecule has 0 radical (unpaired) electrons. The average Bonchev–Trinajstić information content (AvgIpc) is 2.87. The Morgan fingerprint density at radius 3 is 2.70 bits per heavy atom. The van der Waals surface area contributed by atoms with Gasteiger partial charge in [-0.2, -0.15) is 0 Å². The van der Waals surface area contributed by atoms with Gasteiger partial charge in [-0.3, -0.25) is 9.69 Å². The molecule has 3 unspecified atom stereocenters. The number of ether oxygens (including phenoxy) is 1. The standard InChI is InChI=1S/C16H32N2O2/c1-6-14-10-9-11-18(14)13(4)12-16(5,17-7-2)15(19)20-8-3/h13-14,17H,6-12H2,1-5H3. The highest BCUT2D eigenvalue weighted by Crippen LogP contribution is 2.27. The van der Waals surface area contributed by atoms with Crippen molar-refractivity contribution in [2.75, 3.05) is 19.7 Å². The lowest BCUT2D eigenvalue weighted by Crippen LogP contribution is -2.54. The quantitative estimate of drug-likeness (QED) is 0.696. The fourth-order valence-electron chi connectivity index (χ4n) is 3.49. The van der Waals surface area contributed by atoms with Crippen LogP contribution in [0.4, 0.5) is 0 Å². The second-order valence-corrected chi connectivity index (χ2v) is 6.08. The Labute approximate surface area is 124 Å². The van der Waals surface area contributed by atoms with Crippen molar-refractivity contribution in [2.45, 2.75) is 77.9 Å². The number of carbonyl (C=O) groups excluding carboxylic acids is 1. The molecule has 1 heterocycles. The molecule has 1 aliphatic rings. The van der Waals surface area contributed by atoms with E-state index in [1.54, 1.807) is 0 Å². The van der Waals surface area contributed by atoms with Crippen molar-refractivity contribution in [3.63, 3.8) is 0 Å².